The van der Waals surface area contributed by atoms with Crippen molar-refractivity contribution in [2.45, 2.75) is 51.8 Å². The minimum atomic E-state index is 0.0232. The molecule has 0 aliphatic carbocycles. The van der Waals surface area contributed by atoms with Crippen molar-refractivity contribution in [3.63, 3.8) is 0 Å². The molecule has 0 aromatic heterocycles. The van der Waals surface area contributed by atoms with Crippen LogP contribution in [0, 0.1) is 0 Å². The van der Waals surface area contributed by atoms with Crippen LogP contribution in [0.25, 0.3) is 0 Å². The fraction of sp³-hybridized carbons (Fsp3) is 1.00. The Labute approximate surface area is 94.2 Å². The molecule has 0 radical (unpaired) electrons. The van der Waals surface area contributed by atoms with E-state index in [4.69, 9.17) is 4.74 Å². The largest absolute Gasteiger partial charge is 0.373 e. The molecule has 90 valence electrons. The molecule has 0 aromatic rings. The lowest BCUT2D eigenvalue weighted by Gasteiger charge is -2.41. The van der Waals surface area contributed by atoms with Crippen LogP contribution in [0.3, 0.4) is 0 Å². The number of hydrogen-bond acceptors (Lipinski definition) is 3. The van der Waals surface area contributed by atoms with Crippen molar-refractivity contribution in [3.05, 3.63) is 0 Å². The van der Waals surface area contributed by atoms with E-state index < -0.39 is 0 Å². The van der Waals surface area contributed by atoms with Crippen molar-refractivity contribution >= 4 is 0 Å². The van der Waals surface area contributed by atoms with E-state index in [-0.39, 0.29) is 5.60 Å². The third-order valence-corrected chi connectivity index (χ3v) is 3.27. The minimum Gasteiger partial charge on any atom is -0.373 e. The highest BCUT2D eigenvalue weighted by Gasteiger charge is 2.29. The Bertz CT molecular complexity index is 194. The average molecular weight is 214 g/mol. The molecule has 0 saturated carbocycles. The van der Waals surface area contributed by atoms with Crippen molar-refractivity contribution in [1.29, 1.82) is 0 Å². The zero-order valence-electron chi connectivity index (χ0n) is 10.8. The predicted octanol–water partition coefficient (Wildman–Crippen LogP) is 1.48. The first-order valence-electron chi connectivity index (χ1n) is 6.00. The van der Waals surface area contributed by atoms with Gasteiger partial charge in [-0.25, -0.2) is 0 Å². The molecule has 2 atom stereocenters. The summed E-state index contributed by atoms with van der Waals surface area (Å²) in [6, 6.07) is 1.22. The van der Waals surface area contributed by atoms with Crippen LogP contribution in [0.2, 0.25) is 0 Å². The normalized spacial score (nSPS) is 26.2. The van der Waals surface area contributed by atoms with E-state index >= 15 is 0 Å². The van der Waals surface area contributed by atoms with Crippen LogP contribution >= 0.6 is 0 Å². The lowest BCUT2D eigenvalue weighted by molar-refractivity contribution is -0.0965. The molecule has 1 aliphatic rings. The molecule has 1 aliphatic heterocycles. The van der Waals surface area contributed by atoms with Crippen LogP contribution < -0.4 is 5.32 Å². The Morgan fingerprint density at radius 3 is 2.60 bits per heavy atom. The van der Waals surface area contributed by atoms with E-state index in [2.05, 4.69) is 37.9 Å². The SMILES string of the molecule is CNC(C)CC(C)N1CCOC(C)(C)C1. The minimum absolute atomic E-state index is 0.0232. The molecule has 3 nitrogen and oxygen atoms in total. The summed E-state index contributed by atoms with van der Waals surface area (Å²) in [6.45, 7) is 11.9. The van der Waals surface area contributed by atoms with Gasteiger partial charge in [0.25, 0.3) is 0 Å². The fourth-order valence-electron chi connectivity index (χ4n) is 2.21. The molecule has 3 heteroatoms. The number of morpholine rings is 1. The Morgan fingerprint density at radius 2 is 2.07 bits per heavy atom. The summed E-state index contributed by atoms with van der Waals surface area (Å²) in [4.78, 5) is 2.54. The van der Waals surface area contributed by atoms with Crippen molar-refractivity contribution in [2.75, 3.05) is 26.7 Å². The summed E-state index contributed by atoms with van der Waals surface area (Å²) in [7, 11) is 2.03. The van der Waals surface area contributed by atoms with Gasteiger partial charge in [-0.2, -0.15) is 0 Å². The second-order valence-corrected chi connectivity index (χ2v) is 5.35. The highest BCUT2D eigenvalue weighted by atomic mass is 16.5. The molecule has 0 bridgehead atoms. The van der Waals surface area contributed by atoms with Crippen molar-refractivity contribution in [3.8, 4) is 0 Å². The highest BCUT2D eigenvalue weighted by Crippen LogP contribution is 2.19. The van der Waals surface area contributed by atoms with Crippen molar-refractivity contribution in [1.82, 2.24) is 10.2 Å². The monoisotopic (exact) mass is 214 g/mol. The van der Waals surface area contributed by atoms with Gasteiger partial charge in [-0.15, -0.1) is 0 Å². The van der Waals surface area contributed by atoms with E-state index in [1.165, 1.54) is 6.42 Å². The van der Waals surface area contributed by atoms with E-state index in [1.807, 2.05) is 7.05 Å². The Morgan fingerprint density at radius 1 is 1.40 bits per heavy atom. The molecular weight excluding hydrogens is 188 g/mol. The number of nitrogens with zero attached hydrogens (tertiary/aromatic N) is 1. The molecule has 1 heterocycles. The maximum atomic E-state index is 5.72. The lowest BCUT2D eigenvalue weighted by atomic mass is 10.0. The highest BCUT2D eigenvalue weighted by molar-refractivity contribution is 4.83. The van der Waals surface area contributed by atoms with Crippen molar-refractivity contribution in [2.24, 2.45) is 0 Å². The molecule has 15 heavy (non-hydrogen) atoms. The smallest absolute Gasteiger partial charge is 0.0753 e. The molecule has 0 amide bonds. The van der Waals surface area contributed by atoms with Gasteiger partial charge in [0.05, 0.1) is 12.2 Å². The molecule has 1 N–H and O–H groups in total. The van der Waals surface area contributed by atoms with Gasteiger partial charge in [0, 0.05) is 25.2 Å². The van der Waals surface area contributed by atoms with E-state index in [0.717, 1.165) is 19.7 Å². The van der Waals surface area contributed by atoms with Gasteiger partial charge in [0.2, 0.25) is 0 Å². The Hall–Kier alpha value is -0.120. The van der Waals surface area contributed by atoms with Crippen molar-refractivity contribution < 1.29 is 4.74 Å². The van der Waals surface area contributed by atoms with Crippen LogP contribution in [0.4, 0.5) is 0 Å². The summed E-state index contributed by atoms with van der Waals surface area (Å²) in [5.41, 5.74) is 0.0232. The van der Waals surface area contributed by atoms with Gasteiger partial charge in [-0.1, -0.05) is 0 Å². The van der Waals surface area contributed by atoms with Crippen LogP contribution in [0.1, 0.15) is 34.1 Å². The lowest BCUT2D eigenvalue weighted by Crippen LogP contribution is -2.52. The number of hydrogen-bond donors (Lipinski definition) is 1. The fourth-order valence-corrected chi connectivity index (χ4v) is 2.21. The quantitative estimate of drug-likeness (QED) is 0.767. The van der Waals surface area contributed by atoms with E-state index in [0.29, 0.717) is 12.1 Å². The molecule has 0 spiro atoms. The zero-order chi connectivity index (χ0) is 11.5. The third-order valence-electron chi connectivity index (χ3n) is 3.27. The summed E-state index contributed by atoms with van der Waals surface area (Å²) in [5, 5.41) is 3.30. The van der Waals surface area contributed by atoms with Gasteiger partial charge >= 0.3 is 0 Å². The molecule has 1 fully saturated rings. The summed E-state index contributed by atoms with van der Waals surface area (Å²) in [5.74, 6) is 0. The standard InChI is InChI=1S/C12H26N2O/c1-10(13-5)8-11(2)14-6-7-15-12(3,4)9-14/h10-11,13H,6-9H2,1-5H3. The summed E-state index contributed by atoms with van der Waals surface area (Å²) >= 11 is 0. The van der Waals surface area contributed by atoms with Crippen LogP contribution in [0.5, 0.6) is 0 Å². The second-order valence-electron chi connectivity index (χ2n) is 5.35. The van der Waals surface area contributed by atoms with E-state index in [1.54, 1.807) is 0 Å². The van der Waals surface area contributed by atoms with Gasteiger partial charge in [-0.3, -0.25) is 4.90 Å². The van der Waals surface area contributed by atoms with Crippen LogP contribution in [-0.4, -0.2) is 49.3 Å². The van der Waals surface area contributed by atoms with E-state index in [9.17, 15) is 0 Å². The zero-order valence-corrected chi connectivity index (χ0v) is 10.8. The Balaban J connectivity index is 2.42. The Kier molecular flexibility index (Phi) is 4.56. The molecule has 2 unspecified atom stereocenters. The first kappa shape index (κ1) is 12.9. The second kappa shape index (κ2) is 5.28. The third kappa shape index (κ3) is 4.09. The first-order chi connectivity index (χ1) is 6.94. The maximum absolute atomic E-state index is 5.72. The molecule has 1 saturated heterocycles. The van der Waals surface area contributed by atoms with Crippen LogP contribution in [-0.2, 0) is 4.74 Å². The summed E-state index contributed by atoms with van der Waals surface area (Å²) in [6.07, 6.45) is 1.20. The van der Waals surface area contributed by atoms with Gasteiger partial charge in [0.1, 0.15) is 0 Å². The van der Waals surface area contributed by atoms with Gasteiger partial charge < -0.3 is 10.1 Å². The predicted molar refractivity (Wildman–Crippen MR) is 64.2 cm³/mol. The van der Waals surface area contributed by atoms with Gasteiger partial charge in [-0.05, 0) is 41.2 Å². The number of nitrogens with one attached hydrogen (secondary N) is 1. The first-order valence-corrected chi connectivity index (χ1v) is 6.00. The average Bonchev–Trinajstić information content (AvgIpc) is 2.16. The molecular formula is C12H26N2O. The molecule has 0 aromatic carbocycles. The number of rotatable bonds is 4. The topological polar surface area (TPSA) is 24.5 Å². The molecule has 1 rings (SSSR count). The van der Waals surface area contributed by atoms with Gasteiger partial charge in [0.15, 0.2) is 0 Å². The number of ether oxygens (including phenoxy) is 1. The van der Waals surface area contributed by atoms with Crippen LogP contribution in [0.15, 0.2) is 0 Å². The summed E-state index contributed by atoms with van der Waals surface area (Å²) < 4.78 is 5.72. The maximum Gasteiger partial charge on any atom is 0.0753 e.